The Balaban J connectivity index is 2.05. The number of carbonyl (C=O) groups is 1. The van der Waals surface area contributed by atoms with Crippen molar-refractivity contribution < 1.29 is 14.3 Å². The van der Waals surface area contributed by atoms with E-state index in [0.717, 1.165) is 38.9 Å². The van der Waals surface area contributed by atoms with Crippen molar-refractivity contribution in [3.8, 4) is 0 Å². The third-order valence-corrected chi connectivity index (χ3v) is 3.17. The van der Waals surface area contributed by atoms with E-state index in [4.69, 9.17) is 9.47 Å². The molecule has 0 N–H and O–H groups in total. The fraction of sp³-hybridized carbons (Fsp3) is 0.900. The van der Waals surface area contributed by atoms with Gasteiger partial charge < -0.3 is 9.47 Å². The van der Waals surface area contributed by atoms with Crippen LogP contribution in [0.25, 0.3) is 0 Å². The first-order valence-electron chi connectivity index (χ1n) is 5.06. The van der Waals surface area contributed by atoms with E-state index in [0.29, 0.717) is 0 Å². The molecule has 1 unspecified atom stereocenters. The zero-order chi connectivity index (χ0) is 9.31. The van der Waals surface area contributed by atoms with Gasteiger partial charge in [-0.2, -0.15) is 0 Å². The predicted molar refractivity (Wildman–Crippen MR) is 47.3 cm³/mol. The molecule has 3 heteroatoms. The summed E-state index contributed by atoms with van der Waals surface area (Å²) < 4.78 is 10.7. The van der Waals surface area contributed by atoms with E-state index in [1.807, 2.05) is 6.92 Å². The maximum absolute atomic E-state index is 11.4. The summed E-state index contributed by atoms with van der Waals surface area (Å²) in [7, 11) is 0. The minimum absolute atomic E-state index is 0.00407. The molecule has 2 rings (SSSR count). The van der Waals surface area contributed by atoms with Crippen LogP contribution >= 0.6 is 0 Å². The maximum atomic E-state index is 11.4. The number of hydrogen-bond acceptors (Lipinski definition) is 3. The van der Waals surface area contributed by atoms with Gasteiger partial charge in [0.25, 0.3) is 0 Å². The van der Waals surface area contributed by atoms with Crippen LogP contribution < -0.4 is 0 Å². The normalized spacial score (nSPS) is 32.1. The van der Waals surface area contributed by atoms with Crippen molar-refractivity contribution in [2.24, 2.45) is 5.92 Å². The quantitative estimate of drug-likeness (QED) is 0.579. The van der Waals surface area contributed by atoms with E-state index < -0.39 is 0 Å². The lowest BCUT2D eigenvalue weighted by molar-refractivity contribution is -0.156. The van der Waals surface area contributed by atoms with E-state index in [1.165, 1.54) is 0 Å². The monoisotopic (exact) mass is 184 g/mol. The molecule has 0 aromatic carbocycles. The molecule has 2 heterocycles. The van der Waals surface area contributed by atoms with Crippen molar-refractivity contribution in [3.05, 3.63) is 0 Å². The highest BCUT2D eigenvalue weighted by Crippen LogP contribution is 2.39. The van der Waals surface area contributed by atoms with Gasteiger partial charge in [0.15, 0.2) is 0 Å². The SMILES string of the molecule is CCC1CC2(CCOCC2)OC1=O. The average molecular weight is 184 g/mol. The molecule has 0 bridgehead atoms. The Morgan fingerprint density at radius 2 is 2.15 bits per heavy atom. The van der Waals surface area contributed by atoms with Crippen LogP contribution in [0.15, 0.2) is 0 Å². The van der Waals surface area contributed by atoms with Gasteiger partial charge in [-0.1, -0.05) is 6.92 Å². The van der Waals surface area contributed by atoms with Crippen LogP contribution in [0.5, 0.6) is 0 Å². The van der Waals surface area contributed by atoms with Gasteiger partial charge in [0, 0.05) is 19.3 Å². The number of rotatable bonds is 1. The number of hydrogen-bond donors (Lipinski definition) is 0. The molecule has 0 aliphatic carbocycles. The van der Waals surface area contributed by atoms with Crippen molar-refractivity contribution in [1.29, 1.82) is 0 Å². The third kappa shape index (κ3) is 1.57. The molecule has 2 aliphatic rings. The number of ether oxygens (including phenoxy) is 2. The van der Waals surface area contributed by atoms with Gasteiger partial charge >= 0.3 is 5.97 Å². The highest BCUT2D eigenvalue weighted by molar-refractivity contribution is 5.75. The summed E-state index contributed by atoms with van der Waals surface area (Å²) in [6.07, 6.45) is 3.58. The predicted octanol–water partition coefficient (Wildman–Crippen LogP) is 1.51. The van der Waals surface area contributed by atoms with Crippen molar-refractivity contribution in [2.75, 3.05) is 13.2 Å². The van der Waals surface area contributed by atoms with E-state index in [-0.39, 0.29) is 17.5 Å². The fourth-order valence-corrected chi connectivity index (χ4v) is 2.23. The Hall–Kier alpha value is -0.570. The minimum atomic E-state index is -0.157. The smallest absolute Gasteiger partial charge is 0.309 e. The lowest BCUT2D eigenvalue weighted by atomic mass is 9.86. The van der Waals surface area contributed by atoms with Crippen LogP contribution in [-0.2, 0) is 14.3 Å². The Kier molecular flexibility index (Phi) is 2.28. The standard InChI is InChI=1S/C10H16O3/c1-2-8-7-10(13-9(8)11)3-5-12-6-4-10/h8H,2-7H2,1H3. The van der Waals surface area contributed by atoms with Crippen LogP contribution in [0.1, 0.15) is 32.6 Å². The first kappa shape index (κ1) is 9.00. The zero-order valence-corrected chi connectivity index (χ0v) is 8.04. The molecule has 0 aromatic heterocycles. The van der Waals surface area contributed by atoms with Crippen LogP contribution in [0.2, 0.25) is 0 Å². The Morgan fingerprint density at radius 3 is 2.69 bits per heavy atom. The number of carbonyl (C=O) groups excluding carboxylic acids is 1. The second-order valence-electron chi connectivity index (χ2n) is 4.03. The molecule has 3 nitrogen and oxygen atoms in total. The summed E-state index contributed by atoms with van der Waals surface area (Å²) in [5.74, 6) is 0.141. The summed E-state index contributed by atoms with van der Waals surface area (Å²) in [5, 5.41) is 0. The van der Waals surface area contributed by atoms with Gasteiger partial charge in [-0.05, 0) is 6.42 Å². The summed E-state index contributed by atoms with van der Waals surface area (Å²) in [6.45, 7) is 3.53. The summed E-state index contributed by atoms with van der Waals surface area (Å²) >= 11 is 0. The van der Waals surface area contributed by atoms with Crippen molar-refractivity contribution in [2.45, 2.75) is 38.2 Å². The van der Waals surface area contributed by atoms with E-state index in [1.54, 1.807) is 0 Å². The summed E-state index contributed by atoms with van der Waals surface area (Å²) in [4.78, 5) is 11.4. The van der Waals surface area contributed by atoms with Crippen LogP contribution in [0, 0.1) is 5.92 Å². The second kappa shape index (κ2) is 3.29. The highest BCUT2D eigenvalue weighted by atomic mass is 16.6. The van der Waals surface area contributed by atoms with Crippen LogP contribution in [0.3, 0.4) is 0 Å². The van der Waals surface area contributed by atoms with E-state index in [9.17, 15) is 4.79 Å². The Bertz CT molecular complexity index is 206. The number of esters is 1. The van der Waals surface area contributed by atoms with Crippen LogP contribution in [-0.4, -0.2) is 24.8 Å². The first-order chi connectivity index (χ1) is 6.26. The lowest BCUT2D eigenvalue weighted by Crippen LogP contribution is -2.35. The second-order valence-corrected chi connectivity index (χ2v) is 4.03. The zero-order valence-electron chi connectivity index (χ0n) is 8.04. The molecule has 0 radical (unpaired) electrons. The van der Waals surface area contributed by atoms with E-state index >= 15 is 0 Å². The molecule has 2 fully saturated rings. The lowest BCUT2D eigenvalue weighted by Gasteiger charge is -2.31. The average Bonchev–Trinajstić information content (AvgIpc) is 2.44. The molecule has 2 saturated heterocycles. The topological polar surface area (TPSA) is 35.5 Å². The summed E-state index contributed by atoms with van der Waals surface area (Å²) in [5.41, 5.74) is -0.157. The fourth-order valence-electron chi connectivity index (χ4n) is 2.23. The maximum Gasteiger partial charge on any atom is 0.309 e. The molecule has 13 heavy (non-hydrogen) atoms. The highest BCUT2D eigenvalue weighted by Gasteiger charge is 2.46. The van der Waals surface area contributed by atoms with Gasteiger partial charge in [-0.25, -0.2) is 0 Å². The van der Waals surface area contributed by atoms with Crippen molar-refractivity contribution in [1.82, 2.24) is 0 Å². The van der Waals surface area contributed by atoms with Gasteiger partial charge in [0.1, 0.15) is 5.60 Å². The molecule has 0 aromatic rings. The molecular weight excluding hydrogens is 168 g/mol. The molecule has 0 saturated carbocycles. The molecular formula is C10H16O3. The van der Waals surface area contributed by atoms with Crippen molar-refractivity contribution in [3.63, 3.8) is 0 Å². The van der Waals surface area contributed by atoms with E-state index in [2.05, 4.69) is 0 Å². The molecule has 0 amide bonds. The Morgan fingerprint density at radius 1 is 1.46 bits per heavy atom. The first-order valence-corrected chi connectivity index (χ1v) is 5.06. The Labute approximate surface area is 78.4 Å². The van der Waals surface area contributed by atoms with Gasteiger partial charge in [0.05, 0.1) is 19.1 Å². The van der Waals surface area contributed by atoms with Gasteiger partial charge in [-0.3, -0.25) is 4.79 Å². The van der Waals surface area contributed by atoms with Gasteiger partial charge in [0.2, 0.25) is 0 Å². The third-order valence-electron chi connectivity index (χ3n) is 3.17. The van der Waals surface area contributed by atoms with Gasteiger partial charge in [-0.15, -0.1) is 0 Å². The molecule has 74 valence electrons. The minimum Gasteiger partial charge on any atom is -0.459 e. The van der Waals surface area contributed by atoms with Crippen molar-refractivity contribution >= 4 is 5.97 Å². The molecule has 1 spiro atoms. The largest absolute Gasteiger partial charge is 0.459 e. The molecule has 1 atom stereocenters. The molecule has 2 aliphatic heterocycles. The summed E-state index contributed by atoms with van der Waals surface area (Å²) in [6, 6.07) is 0. The van der Waals surface area contributed by atoms with Crippen LogP contribution in [0.4, 0.5) is 0 Å².